The molecule has 2 aliphatic rings. The van der Waals surface area contributed by atoms with Gasteiger partial charge in [0.05, 0.1) is 0 Å². The summed E-state index contributed by atoms with van der Waals surface area (Å²) < 4.78 is 0. The van der Waals surface area contributed by atoms with Crippen LogP contribution in [0.2, 0.25) is 0 Å². The summed E-state index contributed by atoms with van der Waals surface area (Å²) in [6, 6.07) is 0.804. The van der Waals surface area contributed by atoms with Crippen molar-refractivity contribution in [1.29, 1.82) is 0 Å². The Balaban J connectivity index is 1.86. The molecule has 0 aromatic heterocycles. The maximum Gasteiger partial charge on any atom is 0.0223 e. The minimum Gasteiger partial charge on any atom is -0.330 e. The minimum atomic E-state index is 0.756. The van der Waals surface area contributed by atoms with Crippen molar-refractivity contribution in [3.63, 3.8) is 0 Å². The van der Waals surface area contributed by atoms with Crippen LogP contribution in [0.5, 0.6) is 0 Å². The molecule has 0 radical (unpaired) electrons. The molecule has 2 rings (SSSR count). The summed E-state index contributed by atoms with van der Waals surface area (Å²) in [4.78, 5) is 5.16. The summed E-state index contributed by atoms with van der Waals surface area (Å²) in [5.41, 5.74) is 5.79. The van der Waals surface area contributed by atoms with Gasteiger partial charge in [0, 0.05) is 19.1 Å². The summed E-state index contributed by atoms with van der Waals surface area (Å²) in [7, 11) is 2.25. The van der Waals surface area contributed by atoms with E-state index >= 15 is 0 Å². The maximum absolute atomic E-state index is 5.79. The Labute approximate surface area is 93.6 Å². The molecule has 2 heterocycles. The predicted molar refractivity (Wildman–Crippen MR) is 63.9 cm³/mol. The quantitative estimate of drug-likeness (QED) is 0.731. The lowest BCUT2D eigenvalue weighted by Gasteiger charge is -2.42. The number of nitrogens with two attached hydrogens (primary N) is 1. The summed E-state index contributed by atoms with van der Waals surface area (Å²) >= 11 is 0. The number of likely N-dealkylation sites (tertiary alicyclic amines) is 2. The molecule has 0 aromatic carbocycles. The Hall–Kier alpha value is -0.120. The molecule has 2 atom stereocenters. The van der Waals surface area contributed by atoms with E-state index in [2.05, 4.69) is 16.8 Å². The standard InChI is InChI=1S/C12H25N3/c1-14-6-3-5-12(10-14)15-7-2-4-11(8-13)9-15/h11-12H,2-10,13H2,1H3. The first-order chi connectivity index (χ1) is 7.29. The number of nitrogens with zero attached hydrogens (tertiary/aromatic N) is 2. The zero-order valence-electron chi connectivity index (χ0n) is 9.99. The van der Waals surface area contributed by atoms with Gasteiger partial charge in [-0.25, -0.2) is 0 Å². The fourth-order valence-electron chi connectivity index (χ4n) is 3.06. The average molecular weight is 211 g/mol. The van der Waals surface area contributed by atoms with Gasteiger partial charge in [0.1, 0.15) is 0 Å². The number of rotatable bonds is 2. The molecule has 15 heavy (non-hydrogen) atoms. The molecule has 2 saturated heterocycles. The van der Waals surface area contributed by atoms with Crippen LogP contribution in [0.15, 0.2) is 0 Å². The van der Waals surface area contributed by atoms with Crippen molar-refractivity contribution in [2.24, 2.45) is 11.7 Å². The Morgan fingerprint density at radius 1 is 1.13 bits per heavy atom. The van der Waals surface area contributed by atoms with E-state index in [4.69, 9.17) is 5.73 Å². The summed E-state index contributed by atoms with van der Waals surface area (Å²) in [6.45, 7) is 5.96. The molecule has 0 saturated carbocycles. The third kappa shape index (κ3) is 2.92. The first kappa shape index (κ1) is 11.4. The lowest BCUT2D eigenvalue weighted by atomic mass is 9.94. The normalized spacial score (nSPS) is 35.6. The van der Waals surface area contributed by atoms with Crippen LogP contribution in [-0.4, -0.2) is 55.6 Å². The zero-order chi connectivity index (χ0) is 10.7. The number of piperidine rings is 2. The van der Waals surface area contributed by atoms with Crippen LogP contribution in [0, 0.1) is 5.92 Å². The van der Waals surface area contributed by atoms with Crippen LogP contribution in [-0.2, 0) is 0 Å². The minimum absolute atomic E-state index is 0.756. The molecule has 3 nitrogen and oxygen atoms in total. The van der Waals surface area contributed by atoms with E-state index in [0.717, 1.165) is 18.5 Å². The smallest absolute Gasteiger partial charge is 0.0223 e. The van der Waals surface area contributed by atoms with E-state index in [1.807, 2.05) is 0 Å². The van der Waals surface area contributed by atoms with Crippen LogP contribution in [0.1, 0.15) is 25.7 Å². The van der Waals surface area contributed by atoms with E-state index < -0.39 is 0 Å². The first-order valence-corrected chi connectivity index (χ1v) is 6.42. The second-order valence-corrected chi connectivity index (χ2v) is 5.30. The monoisotopic (exact) mass is 211 g/mol. The van der Waals surface area contributed by atoms with E-state index in [1.54, 1.807) is 0 Å². The molecular weight excluding hydrogens is 186 g/mol. The van der Waals surface area contributed by atoms with Gasteiger partial charge in [-0.1, -0.05) is 0 Å². The second kappa shape index (κ2) is 5.28. The maximum atomic E-state index is 5.79. The zero-order valence-corrected chi connectivity index (χ0v) is 9.99. The molecule has 0 spiro atoms. The van der Waals surface area contributed by atoms with Gasteiger partial charge in [-0.15, -0.1) is 0 Å². The Kier molecular flexibility index (Phi) is 4.00. The topological polar surface area (TPSA) is 32.5 Å². The van der Waals surface area contributed by atoms with Gasteiger partial charge >= 0.3 is 0 Å². The van der Waals surface area contributed by atoms with Gasteiger partial charge in [0.25, 0.3) is 0 Å². The van der Waals surface area contributed by atoms with Crippen molar-refractivity contribution in [3.8, 4) is 0 Å². The fourth-order valence-corrected chi connectivity index (χ4v) is 3.06. The Bertz CT molecular complexity index is 195. The van der Waals surface area contributed by atoms with E-state index in [0.29, 0.717) is 0 Å². The highest BCUT2D eigenvalue weighted by atomic mass is 15.2. The molecule has 0 aromatic rings. The predicted octanol–water partition coefficient (Wildman–Crippen LogP) is 0.751. The van der Waals surface area contributed by atoms with Crippen molar-refractivity contribution in [1.82, 2.24) is 9.80 Å². The van der Waals surface area contributed by atoms with Crippen molar-refractivity contribution < 1.29 is 0 Å². The highest BCUT2D eigenvalue weighted by Gasteiger charge is 2.27. The summed E-state index contributed by atoms with van der Waals surface area (Å²) in [5, 5.41) is 0. The van der Waals surface area contributed by atoms with Crippen LogP contribution >= 0.6 is 0 Å². The van der Waals surface area contributed by atoms with E-state index in [1.165, 1.54) is 51.9 Å². The van der Waals surface area contributed by atoms with Crippen LogP contribution in [0.4, 0.5) is 0 Å². The number of likely N-dealkylation sites (N-methyl/N-ethyl adjacent to an activating group) is 1. The number of hydrogen-bond donors (Lipinski definition) is 1. The van der Waals surface area contributed by atoms with Gasteiger partial charge in [0.2, 0.25) is 0 Å². The number of hydrogen-bond acceptors (Lipinski definition) is 3. The second-order valence-electron chi connectivity index (χ2n) is 5.30. The average Bonchev–Trinajstić information content (AvgIpc) is 2.29. The molecule has 2 N–H and O–H groups in total. The highest BCUT2D eigenvalue weighted by molar-refractivity contribution is 4.83. The fraction of sp³-hybridized carbons (Fsp3) is 1.00. The molecule has 2 unspecified atom stereocenters. The third-order valence-electron chi connectivity index (χ3n) is 4.00. The van der Waals surface area contributed by atoms with Crippen LogP contribution in [0.25, 0.3) is 0 Å². The molecule has 2 aliphatic heterocycles. The lowest BCUT2D eigenvalue weighted by Crippen LogP contribution is -2.50. The third-order valence-corrected chi connectivity index (χ3v) is 4.00. The van der Waals surface area contributed by atoms with Crippen LogP contribution < -0.4 is 5.73 Å². The summed E-state index contributed by atoms with van der Waals surface area (Å²) in [6.07, 6.45) is 5.45. The van der Waals surface area contributed by atoms with Crippen molar-refractivity contribution in [2.45, 2.75) is 31.7 Å². The Morgan fingerprint density at radius 3 is 2.67 bits per heavy atom. The SMILES string of the molecule is CN1CCCC(N2CCCC(CN)C2)C1. The molecule has 2 fully saturated rings. The van der Waals surface area contributed by atoms with Crippen molar-refractivity contribution in [3.05, 3.63) is 0 Å². The molecule has 0 aliphatic carbocycles. The van der Waals surface area contributed by atoms with Crippen molar-refractivity contribution in [2.75, 3.05) is 39.8 Å². The van der Waals surface area contributed by atoms with E-state index in [-0.39, 0.29) is 0 Å². The molecule has 3 heteroatoms. The van der Waals surface area contributed by atoms with Crippen molar-refractivity contribution >= 4 is 0 Å². The summed E-state index contributed by atoms with van der Waals surface area (Å²) in [5.74, 6) is 0.756. The van der Waals surface area contributed by atoms with Gasteiger partial charge in [0.15, 0.2) is 0 Å². The largest absolute Gasteiger partial charge is 0.330 e. The van der Waals surface area contributed by atoms with E-state index in [9.17, 15) is 0 Å². The molecule has 0 amide bonds. The highest BCUT2D eigenvalue weighted by Crippen LogP contribution is 2.22. The first-order valence-electron chi connectivity index (χ1n) is 6.42. The van der Waals surface area contributed by atoms with Gasteiger partial charge in [-0.05, 0) is 58.3 Å². The van der Waals surface area contributed by atoms with Crippen LogP contribution in [0.3, 0.4) is 0 Å². The van der Waals surface area contributed by atoms with Gasteiger partial charge < -0.3 is 10.6 Å². The molecule has 88 valence electrons. The lowest BCUT2D eigenvalue weighted by molar-refractivity contribution is 0.0741. The van der Waals surface area contributed by atoms with Gasteiger partial charge in [-0.2, -0.15) is 0 Å². The Morgan fingerprint density at radius 2 is 1.93 bits per heavy atom. The molecule has 0 bridgehead atoms. The molecular formula is C12H25N3. The van der Waals surface area contributed by atoms with Gasteiger partial charge in [-0.3, -0.25) is 4.90 Å².